The number of benzene rings is 1. The molecule has 21 heavy (non-hydrogen) atoms. The number of hydrogen-bond acceptors (Lipinski definition) is 1. The summed E-state index contributed by atoms with van der Waals surface area (Å²) in [5, 5.41) is 3.46. The largest absolute Gasteiger partial charge is 0.314 e. The van der Waals surface area contributed by atoms with Crippen molar-refractivity contribution in [1.82, 2.24) is 5.32 Å². The lowest BCUT2D eigenvalue weighted by Crippen LogP contribution is -2.31. The molecule has 1 atom stereocenters. The fourth-order valence-electron chi connectivity index (χ4n) is 3.42. The zero-order chi connectivity index (χ0) is 15.2. The van der Waals surface area contributed by atoms with Crippen LogP contribution in [0.5, 0.6) is 0 Å². The smallest absolute Gasteiger partial charge is 0.126 e. The van der Waals surface area contributed by atoms with Crippen LogP contribution < -0.4 is 5.32 Å². The Hall–Kier alpha value is -0.960. The van der Waals surface area contributed by atoms with E-state index < -0.39 is 11.6 Å². The maximum atomic E-state index is 13.6. The monoisotopic (exact) mass is 295 g/mol. The van der Waals surface area contributed by atoms with Crippen LogP contribution >= 0.6 is 0 Å². The molecular weight excluding hydrogens is 268 g/mol. The summed E-state index contributed by atoms with van der Waals surface area (Å²) in [6.07, 6.45) is 7.39. The Balaban J connectivity index is 2.20. The number of hydrogen-bond donors (Lipinski definition) is 1. The second-order valence-electron chi connectivity index (χ2n) is 6.62. The average Bonchev–Trinajstić information content (AvgIpc) is 2.66. The summed E-state index contributed by atoms with van der Waals surface area (Å²) in [6, 6.07) is 4.38. The Morgan fingerprint density at radius 2 is 1.57 bits per heavy atom. The van der Waals surface area contributed by atoms with Gasteiger partial charge in [-0.1, -0.05) is 39.5 Å². The molecule has 0 aliphatic heterocycles. The average molecular weight is 295 g/mol. The van der Waals surface area contributed by atoms with E-state index in [2.05, 4.69) is 19.2 Å². The van der Waals surface area contributed by atoms with E-state index in [0.29, 0.717) is 12.0 Å². The molecule has 0 radical (unpaired) electrons. The second kappa shape index (κ2) is 7.88. The summed E-state index contributed by atoms with van der Waals surface area (Å²) >= 11 is 0. The normalized spacial score (nSPS) is 18.7. The van der Waals surface area contributed by atoms with Gasteiger partial charge in [-0.15, -0.1) is 0 Å². The molecule has 1 aromatic carbocycles. The zero-order valence-corrected chi connectivity index (χ0v) is 13.2. The molecule has 0 saturated heterocycles. The first kappa shape index (κ1) is 16.4. The lowest BCUT2D eigenvalue weighted by atomic mass is 9.81. The molecule has 1 fully saturated rings. The van der Waals surface area contributed by atoms with Gasteiger partial charge in [0.2, 0.25) is 0 Å². The highest BCUT2D eigenvalue weighted by Crippen LogP contribution is 2.35. The van der Waals surface area contributed by atoms with Crippen LogP contribution in [0.15, 0.2) is 18.2 Å². The molecule has 1 aliphatic carbocycles. The SMILES string of the molecule is CC(C)NCC(c1cc(F)cc(F)c1)C1CCCCCC1. The van der Waals surface area contributed by atoms with E-state index >= 15 is 0 Å². The van der Waals surface area contributed by atoms with Gasteiger partial charge >= 0.3 is 0 Å². The van der Waals surface area contributed by atoms with E-state index in [1.165, 1.54) is 50.7 Å². The van der Waals surface area contributed by atoms with E-state index in [4.69, 9.17) is 0 Å². The Morgan fingerprint density at radius 3 is 2.10 bits per heavy atom. The van der Waals surface area contributed by atoms with Crippen LogP contribution in [-0.4, -0.2) is 12.6 Å². The molecule has 3 heteroatoms. The van der Waals surface area contributed by atoms with Crippen molar-refractivity contribution < 1.29 is 8.78 Å². The van der Waals surface area contributed by atoms with Gasteiger partial charge in [0.1, 0.15) is 11.6 Å². The molecule has 2 rings (SSSR count). The van der Waals surface area contributed by atoms with Crippen molar-refractivity contribution in [3.05, 3.63) is 35.4 Å². The Kier molecular flexibility index (Phi) is 6.16. The third kappa shape index (κ3) is 5.06. The molecule has 1 saturated carbocycles. The molecular formula is C18H27F2N. The maximum absolute atomic E-state index is 13.6. The Labute approximate surface area is 127 Å². The van der Waals surface area contributed by atoms with Crippen LogP contribution in [0.1, 0.15) is 63.9 Å². The Morgan fingerprint density at radius 1 is 1.00 bits per heavy atom. The number of nitrogens with one attached hydrogen (secondary N) is 1. The molecule has 1 aliphatic rings. The van der Waals surface area contributed by atoms with E-state index in [9.17, 15) is 8.78 Å². The minimum atomic E-state index is -0.465. The quantitative estimate of drug-likeness (QED) is 0.752. The maximum Gasteiger partial charge on any atom is 0.126 e. The molecule has 1 nitrogen and oxygen atoms in total. The second-order valence-corrected chi connectivity index (χ2v) is 6.62. The van der Waals surface area contributed by atoms with Crippen LogP contribution in [0.3, 0.4) is 0 Å². The molecule has 0 heterocycles. The third-order valence-corrected chi connectivity index (χ3v) is 4.53. The lowest BCUT2D eigenvalue weighted by Gasteiger charge is -2.28. The van der Waals surface area contributed by atoms with Gasteiger partial charge in [0, 0.05) is 18.7 Å². The highest BCUT2D eigenvalue weighted by atomic mass is 19.1. The predicted octanol–water partition coefficient (Wildman–Crippen LogP) is 5.02. The molecule has 1 unspecified atom stereocenters. The minimum Gasteiger partial charge on any atom is -0.314 e. The highest BCUT2D eigenvalue weighted by Gasteiger charge is 2.25. The molecule has 0 bridgehead atoms. The fourth-order valence-corrected chi connectivity index (χ4v) is 3.42. The van der Waals surface area contributed by atoms with Gasteiger partial charge in [-0.05, 0) is 42.4 Å². The topological polar surface area (TPSA) is 12.0 Å². The first-order valence-electron chi connectivity index (χ1n) is 8.25. The van der Waals surface area contributed by atoms with Gasteiger partial charge in [0.15, 0.2) is 0 Å². The van der Waals surface area contributed by atoms with Crippen LogP contribution in [0.25, 0.3) is 0 Å². The molecule has 118 valence electrons. The van der Waals surface area contributed by atoms with Gasteiger partial charge in [-0.2, -0.15) is 0 Å². The molecule has 1 N–H and O–H groups in total. The van der Waals surface area contributed by atoms with E-state index in [0.717, 1.165) is 18.2 Å². The zero-order valence-electron chi connectivity index (χ0n) is 13.2. The Bertz CT molecular complexity index is 417. The minimum absolute atomic E-state index is 0.204. The molecule has 0 spiro atoms. The number of rotatable bonds is 5. The first-order chi connectivity index (χ1) is 10.1. The fraction of sp³-hybridized carbons (Fsp3) is 0.667. The van der Waals surface area contributed by atoms with Crippen LogP contribution in [0, 0.1) is 17.6 Å². The summed E-state index contributed by atoms with van der Waals surface area (Å²) in [6.45, 7) is 5.01. The van der Waals surface area contributed by atoms with E-state index in [1.807, 2.05) is 0 Å². The first-order valence-corrected chi connectivity index (χ1v) is 8.25. The van der Waals surface area contributed by atoms with Gasteiger partial charge in [-0.3, -0.25) is 0 Å². The van der Waals surface area contributed by atoms with Crippen molar-refractivity contribution in [3.8, 4) is 0 Å². The van der Waals surface area contributed by atoms with Crippen LogP contribution in [0.4, 0.5) is 8.78 Å². The third-order valence-electron chi connectivity index (χ3n) is 4.53. The van der Waals surface area contributed by atoms with Crippen LogP contribution in [0.2, 0.25) is 0 Å². The molecule has 0 aromatic heterocycles. The van der Waals surface area contributed by atoms with Gasteiger partial charge < -0.3 is 5.32 Å². The van der Waals surface area contributed by atoms with Crippen molar-refractivity contribution >= 4 is 0 Å². The van der Waals surface area contributed by atoms with Gasteiger partial charge in [0.25, 0.3) is 0 Å². The number of halogens is 2. The van der Waals surface area contributed by atoms with Crippen molar-refractivity contribution in [2.75, 3.05) is 6.54 Å². The van der Waals surface area contributed by atoms with Gasteiger partial charge in [0.05, 0.1) is 0 Å². The highest BCUT2D eigenvalue weighted by molar-refractivity contribution is 5.23. The van der Waals surface area contributed by atoms with Crippen molar-refractivity contribution in [2.24, 2.45) is 5.92 Å². The van der Waals surface area contributed by atoms with Gasteiger partial charge in [-0.25, -0.2) is 8.78 Å². The van der Waals surface area contributed by atoms with Crippen molar-refractivity contribution in [3.63, 3.8) is 0 Å². The summed E-state index contributed by atoms with van der Waals surface area (Å²) in [5.41, 5.74) is 0.813. The summed E-state index contributed by atoms with van der Waals surface area (Å²) in [4.78, 5) is 0. The summed E-state index contributed by atoms with van der Waals surface area (Å²) in [7, 11) is 0. The molecule has 0 amide bonds. The predicted molar refractivity (Wildman–Crippen MR) is 83.4 cm³/mol. The molecule has 1 aromatic rings. The van der Waals surface area contributed by atoms with Crippen molar-refractivity contribution in [1.29, 1.82) is 0 Å². The standard InChI is InChI=1S/C18H27F2N/c1-13(2)21-12-18(14-7-5-3-4-6-8-14)15-9-16(19)11-17(20)10-15/h9-11,13-14,18,21H,3-8,12H2,1-2H3. The van der Waals surface area contributed by atoms with E-state index in [-0.39, 0.29) is 5.92 Å². The summed E-state index contributed by atoms with van der Waals surface area (Å²) in [5.74, 6) is -0.197. The van der Waals surface area contributed by atoms with Crippen LogP contribution in [-0.2, 0) is 0 Å². The van der Waals surface area contributed by atoms with E-state index in [1.54, 1.807) is 0 Å². The summed E-state index contributed by atoms with van der Waals surface area (Å²) < 4.78 is 27.1. The van der Waals surface area contributed by atoms with Crippen molar-refractivity contribution in [2.45, 2.75) is 64.3 Å². The lowest BCUT2D eigenvalue weighted by molar-refractivity contribution is 0.351.